The molecule has 2 N–H and O–H groups in total. The van der Waals surface area contributed by atoms with E-state index >= 15 is 0 Å². The largest absolute Gasteiger partial charge is 0.375 e. The standard InChI is InChI=1S/C17H34N2O/c1-4-6-16-7-5-9-19(10-8-16)17(13-18)11-14(2)20-15(3)12-17/h14-16H,4-13,18H2,1-3H3. The van der Waals surface area contributed by atoms with Crippen LogP contribution in [-0.4, -0.2) is 42.3 Å². The highest BCUT2D eigenvalue weighted by Crippen LogP contribution is 2.36. The lowest BCUT2D eigenvalue weighted by atomic mass is 9.82. The molecule has 3 nitrogen and oxygen atoms in total. The lowest BCUT2D eigenvalue weighted by molar-refractivity contribution is -0.103. The van der Waals surface area contributed by atoms with E-state index in [9.17, 15) is 0 Å². The van der Waals surface area contributed by atoms with E-state index in [4.69, 9.17) is 10.5 Å². The Labute approximate surface area is 125 Å². The van der Waals surface area contributed by atoms with Crippen LogP contribution in [0.25, 0.3) is 0 Å². The molecule has 2 rings (SSSR count). The van der Waals surface area contributed by atoms with Crippen molar-refractivity contribution in [1.82, 2.24) is 4.90 Å². The van der Waals surface area contributed by atoms with Gasteiger partial charge in [0.1, 0.15) is 0 Å². The fourth-order valence-corrected chi connectivity index (χ4v) is 4.54. The topological polar surface area (TPSA) is 38.5 Å². The molecule has 0 aromatic heterocycles. The number of hydrogen-bond acceptors (Lipinski definition) is 3. The van der Waals surface area contributed by atoms with Crippen molar-refractivity contribution in [2.24, 2.45) is 11.7 Å². The van der Waals surface area contributed by atoms with E-state index < -0.39 is 0 Å². The predicted molar refractivity (Wildman–Crippen MR) is 84.9 cm³/mol. The first kappa shape index (κ1) is 16.3. The molecule has 0 bridgehead atoms. The van der Waals surface area contributed by atoms with Gasteiger partial charge in [-0.25, -0.2) is 0 Å². The zero-order valence-corrected chi connectivity index (χ0v) is 13.7. The SMILES string of the molecule is CCCC1CCCN(C2(CN)CC(C)OC(C)C2)CC1. The Morgan fingerprint density at radius 3 is 2.45 bits per heavy atom. The quantitative estimate of drug-likeness (QED) is 0.860. The minimum Gasteiger partial charge on any atom is -0.375 e. The summed E-state index contributed by atoms with van der Waals surface area (Å²) in [6.45, 7) is 9.98. The first-order valence-corrected chi connectivity index (χ1v) is 8.70. The summed E-state index contributed by atoms with van der Waals surface area (Å²) in [6, 6.07) is 0. The summed E-state index contributed by atoms with van der Waals surface area (Å²) in [7, 11) is 0. The van der Waals surface area contributed by atoms with E-state index in [1.165, 1.54) is 45.2 Å². The maximum Gasteiger partial charge on any atom is 0.0568 e. The van der Waals surface area contributed by atoms with E-state index in [1.807, 2.05) is 0 Å². The molecule has 2 aliphatic heterocycles. The van der Waals surface area contributed by atoms with Crippen molar-refractivity contribution in [1.29, 1.82) is 0 Å². The number of rotatable bonds is 4. The summed E-state index contributed by atoms with van der Waals surface area (Å²) in [6.07, 6.45) is 9.74. The number of hydrogen-bond donors (Lipinski definition) is 1. The van der Waals surface area contributed by atoms with Gasteiger partial charge in [-0.05, 0) is 65.0 Å². The second-order valence-electron chi connectivity index (χ2n) is 7.17. The third-order valence-corrected chi connectivity index (χ3v) is 5.39. The van der Waals surface area contributed by atoms with Gasteiger partial charge >= 0.3 is 0 Å². The van der Waals surface area contributed by atoms with Crippen LogP contribution in [0.2, 0.25) is 0 Å². The van der Waals surface area contributed by atoms with Crippen molar-refractivity contribution in [2.75, 3.05) is 19.6 Å². The van der Waals surface area contributed by atoms with Crippen LogP contribution in [0.15, 0.2) is 0 Å². The average Bonchev–Trinajstić information content (AvgIpc) is 2.64. The van der Waals surface area contributed by atoms with Gasteiger partial charge in [-0.2, -0.15) is 0 Å². The van der Waals surface area contributed by atoms with E-state index in [2.05, 4.69) is 25.7 Å². The Morgan fingerprint density at radius 1 is 1.15 bits per heavy atom. The van der Waals surface area contributed by atoms with Crippen LogP contribution in [0.4, 0.5) is 0 Å². The molecule has 0 spiro atoms. The molecular weight excluding hydrogens is 248 g/mol. The summed E-state index contributed by atoms with van der Waals surface area (Å²) in [5, 5.41) is 0. The monoisotopic (exact) mass is 282 g/mol. The van der Waals surface area contributed by atoms with Crippen LogP contribution in [0.1, 0.15) is 65.7 Å². The molecule has 20 heavy (non-hydrogen) atoms. The fraction of sp³-hybridized carbons (Fsp3) is 1.00. The summed E-state index contributed by atoms with van der Waals surface area (Å²) < 4.78 is 5.94. The van der Waals surface area contributed by atoms with Crippen molar-refractivity contribution in [3.05, 3.63) is 0 Å². The van der Waals surface area contributed by atoms with Crippen LogP contribution in [0.5, 0.6) is 0 Å². The maximum absolute atomic E-state index is 6.24. The third-order valence-electron chi connectivity index (χ3n) is 5.39. The lowest BCUT2D eigenvalue weighted by Crippen LogP contribution is -2.60. The number of ether oxygens (including phenoxy) is 1. The van der Waals surface area contributed by atoms with E-state index in [0.29, 0.717) is 12.2 Å². The Balaban J connectivity index is 2.03. The number of nitrogens with two attached hydrogens (primary N) is 1. The summed E-state index contributed by atoms with van der Waals surface area (Å²) in [5.74, 6) is 0.939. The summed E-state index contributed by atoms with van der Waals surface area (Å²) >= 11 is 0. The number of likely N-dealkylation sites (tertiary alicyclic amines) is 1. The van der Waals surface area contributed by atoms with Crippen LogP contribution in [0.3, 0.4) is 0 Å². The first-order valence-electron chi connectivity index (χ1n) is 8.70. The van der Waals surface area contributed by atoms with Crippen LogP contribution in [0, 0.1) is 5.92 Å². The van der Waals surface area contributed by atoms with Crippen molar-refractivity contribution in [3.63, 3.8) is 0 Å². The van der Waals surface area contributed by atoms with E-state index in [1.54, 1.807) is 0 Å². The minimum absolute atomic E-state index is 0.193. The van der Waals surface area contributed by atoms with Crippen molar-refractivity contribution >= 4 is 0 Å². The van der Waals surface area contributed by atoms with Gasteiger partial charge < -0.3 is 10.5 Å². The second kappa shape index (κ2) is 7.24. The van der Waals surface area contributed by atoms with E-state index in [-0.39, 0.29) is 5.54 Å². The Kier molecular flexibility index (Phi) is 5.88. The van der Waals surface area contributed by atoms with Crippen LogP contribution < -0.4 is 5.73 Å². The Hall–Kier alpha value is -0.120. The maximum atomic E-state index is 6.24. The zero-order chi connectivity index (χ0) is 14.6. The highest BCUT2D eigenvalue weighted by atomic mass is 16.5. The summed E-state index contributed by atoms with van der Waals surface area (Å²) in [4.78, 5) is 2.72. The van der Waals surface area contributed by atoms with Gasteiger partial charge in [0.2, 0.25) is 0 Å². The Morgan fingerprint density at radius 2 is 1.85 bits per heavy atom. The fourth-order valence-electron chi connectivity index (χ4n) is 4.54. The summed E-state index contributed by atoms with van der Waals surface area (Å²) in [5.41, 5.74) is 6.43. The first-order chi connectivity index (χ1) is 9.59. The predicted octanol–water partition coefficient (Wildman–Crippen LogP) is 3.17. The molecular formula is C17H34N2O. The third kappa shape index (κ3) is 3.75. The second-order valence-corrected chi connectivity index (χ2v) is 7.17. The van der Waals surface area contributed by atoms with Crippen LogP contribution in [-0.2, 0) is 4.74 Å². The van der Waals surface area contributed by atoms with Crippen molar-refractivity contribution < 1.29 is 4.74 Å². The van der Waals surface area contributed by atoms with Gasteiger partial charge in [0.15, 0.2) is 0 Å². The van der Waals surface area contributed by atoms with Gasteiger partial charge in [0.05, 0.1) is 12.2 Å². The normalized spacial score (nSPS) is 40.5. The molecule has 2 aliphatic rings. The smallest absolute Gasteiger partial charge is 0.0568 e. The van der Waals surface area contributed by atoms with Gasteiger partial charge in [0.25, 0.3) is 0 Å². The van der Waals surface area contributed by atoms with Crippen LogP contribution >= 0.6 is 0 Å². The molecule has 3 heteroatoms. The molecule has 0 aliphatic carbocycles. The molecule has 0 radical (unpaired) electrons. The van der Waals surface area contributed by atoms with Crippen molar-refractivity contribution in [3.8, 4) is 0 Å². The molecule has 3 unspecified atom stereocenters. The van der Waals surface area contributed by atoms with Gasteiger partial charge in [-0.15, -0.1) is 0 Å². The average molecular weight is 282 g/mol. The molecule has 2 fully saturated rings. The van der Waals surface area contributed by atoms with E-state index in [0.717, 1.165) is 25.3 Å². The molecule has 0 aromatic carbocycles. The Bertz CT molecular complexity index is 285. The minimum atomic E-state index is 0.193. The molecule has 3 atom stereocenters. The van der Waals surface area contributed by atoms with Gasteiger partial charge in [-0.1, -0.05) is 19.8 Å². The molecule has 118 valence electrons. The van der Waals surface area contributed by atoms with Gasteiger partial charge in [0, 0.05) is 12.1 Å². The molecule has 0 amide bonds. The molecule has 0 saturated carbocycles. The molecule has 0 aromatic rings. The number of nitrogens with zero attached hydrogens (tertiary/aromatic N) is 1. The highest BCUT2D eigenvalue weighted by molar-refractivity contribution is 4.98. The molecule has 2 heterocycles. The lowest BCUT2D eigenvalue weighted by Gasteiger charge is -2.49. The molecule has 2 saturated heterocycles. The van der Waals surface area contributed by atoms with Gasteiger partial charge in [-0.3, -0.25) is 4.90 Å². The van der Waals surface area contributed by atoms with Crippen molar-refractivity contribution in [2.45, 2.75) is 83.5 Å². The zero-order valence-electron chi connectivity index (χ0n) is 13.7. The highest BCUT2D eigenvalue weighted by Gasteiger charge is 2.42.